The van der Waals surface area contributed by atoms with Crippen LogP contribution in [0.15, 0.2) is 0 Å². The van der Waals surface area contributed by atoms with E-state index in [1.807, 2.05) is 0 Å². The van der Waals surface area contributed by atoms with E-state index in [0.717, 1.165) is 18.0 Å². The van der Waals surface area contributed by atoms with E-state index in [1.54, 1.807) is 0 Å². The van der Waals surface area contributed by atoms with Gasteiger partial charge in [-0.05, 0) is 58.9 Å². The molecule has 1 aliphatic carbocycles. The van der Waals surface area contributed by atoms with Crippen molar-refractivity contribution in [3.8, 4) is 0 Å². The van der Waals surface area contributed by atoms with E-state index in [-0.39, 0.29) is 0 Å². The van der Waals surface area contributed by atoms with E-state index in [0.29, 0.717) is 5.54 Å². The van der Waals surface area contributed by atoms with E-state index in [1.165, 1.54) is 38.6 Å². The Morgan fingerprint density at radius 1 is 1.19 bits per heavy atom. The fraction of sp³-hybridized carbons (Fsp3) is 1.00. The maximum absolute atomic E-state index is 3.93. The molecule has 2 rings (SSSR count). The molecule has 2 unspecified atom stereocenters. The van der Waals surface area contributed by atoms with Gasteiger partial charge in [-0.3, -0.25) is 0 Å². The molecule has 1 heterocycles. The van der Waals surface area contributed by atoms with Crippen molar-refractivity contribution < 1.29 is 0 Å². The van der Waals surface area contributed by atoms with Crippen LogP contribution < -0.4 is 5.32 Å². The third-order valence-corrected chi connectivity index (χ3v) is 4.82. The minimum Gasteiger partial charge on any atom is -0.307 e. The van der Waals surface area contributed by atoms with E-state index < -0.39 is 0 Å². The average molecular weight is 224 g/mol. The molecule has 16 heavy (non-hydrogen) atoms. The van der Waals surface area contributed by atoms with Gasteiger partial charge in [0.15, 0.2) is 0 Å². The molecule has 0 amide bonds. The Balaban J connectivity index is 1.85. The highest BCUT2D eigenvalue weighted by Gasteiger charge is 2.34. The molecule has 2 atom stereocenters. The van der Waals surface area contributed by atoms with Crippen LogP contribution in [0.4, 0.5) is 0 Å². The number of rotatable bonds is 2. The Morgan fingerprint density at radius 3 is 2.31 bits per heavy atom. The summed E-state index contributed by atoms with van der Waals surface area (Å²) in [6.45, 7) is 8.39. The predicted octanol–water partition coefficient (Wildman–Crippen LogP) is 2.64. The van der Waals surface area contributed by atoms with Gasteiger partial charge < -0.3 is 10.2 Å². The van der Waals surface area contributed by atoms with Gasteiger partial charge in [0.1, 0.15) is 0 Å². The van der Waals surface area contributed by atoms with Gasteiger partial charge in [0.25, 0.3) is 0 Å². The van der Waals surface area contributed by atoms with Gasteiger partial charge >= 0.3 is 0 Å². The van der Waals surface area contributed by atoms with E-state index in [9.17, 15) is 0 Å². The molecule has 2 heteroatoms. The highest BCUT2D eigenvalue weighted by molar-refractivity contribution is 4.94. The second kappa shape index (κ2) is 4.66. The molecule has 2 nitrogen and oxygen atoms in total. The molecule has 1 aliphatic heterocycles. The Bertz CT molecular complexity index is 221. The van der Waals surface area contributed by atoms with Crippen LogP contribution in [0.3, 0.4) is 0 Å². The van der Waals surface area contributed by atoms with Gasteiger partial charge in [0, 0.05) is 24.2 Å². The summed E-state index contributed by atoms with van der Waals surface area (Å²) in [6.07, 6.45) is 6.86. The van der Waals surface area contributed by atoms with Gasteiger partial charge in [0.2, 0.25) is 0 Å². The Labute approximate surface area is 101 Å². The molecular weight excluding hydrogens is 196 g/mol. The smallest absolute Gasteiger partial charge is 0.0214 e. The summed E-state index contributed by atoms with van der Waals surface area (Å²) in [6, 6.07) is 1.47. The summed E-state index contributed by atoms with van der Waals surface area (Å²) in [5, 5.41) is 3.93. The van der Waals surface area contributed by atoms with Gasteiger partial charge in [-0.15, -0.1) is 0 Å². The first-order valence-corrected chi connectivity index (χ1v) is 6.96. The number of nitrogens with zero attached hydrogens (tertiary/aromatic N) is 1. The van der Waals surface area contributed by atoms with Crippen molar-refractivity contribution in [1.82, 2.24) is 10.2 Å². The van der Waals surface area contributed by atoms with Crippen LogP contribution in [0.25, 0.3) is 0 Å². The molecule has 0 aromatic heterocycles. The van der Waals surface area contributed by atoms with Crippen LogP contribution in [0.1, 0.15) is 52.9 Å². The third-order valence-electron chi connectivity index (χ3n) is 4.82. The van der Waals surface area contributed by atoms with Crippen LogP contribution >= 0.6 is 0 Å². The molecule has 0 radical (unpaired) electrons. The Hall–Kier alpha value is -0.0800. The molecule has 2 fully saturated rings. The number of likely N-dealkylation sites (tertiary alicyclic amines) is 1. The van der Waals surface area contributed by atoms with Crippen molar-refractivity contribution in [2.24, 2.45) is 5.92 Å². The van der Waals surface area contributed by atoms with Crippen molar-refractivity contribution in [2.45, 2.75) is 70.5 Å². The maximum atomic E-state index is 3.93. The second-order valence-corrected chi connectivity index (χ2v) is 6.61. The molecule has 0 aromatic carbocycles. The van der Waals surface area contributed by atoms with Crippen LogP contribution in [-0.4, -0.2) is 36.1 Å². The normalized spacial score (nSPS) is 46.1. The van der Waals surface area contributed by atoms with Crippen molar-refractivity contribution in [3.05, 3.63) is 0 Å². The number of nitrogens with one attached hydrogen (secondary N) is 1. The first-order valence-electron chi connectivity index (χ1n) is 6.96. The van der Waals surface area contributed by atoms with Gasteiger partial charge in [-0.1, -0.05) is 6.92 Å². The van der Waals surface area contributed by atoms with E-state index >= 15 is 0 Å². The zero-order valence-corrected chi connectivity index (χ0v) is 11.4. The first kappa shape index (κ1) is 12.4. The lowest BCUT2D eigenvalue weighted by Crippen LogP contribution is -2.50. The standard InChI is InChI=1S/C14H28N2/c1-11-5-7-14(3,8-6-11)15-13-9-12(2)16(4)10-13/h11-13,15H,5-10H2,1-4H3. The van der Waals surface area contributed by atoms with Crippen molar-refractivity contribution in [3.63, 3.8) is 0 Å². The molecule has 1 N–H and O–H groups in total. The number of hydrogen-bond acceptors (Lipinski definition) is 2. The molecule has 2 aliphatic rings. The van der Waals surface area contributed by atoms with E-state index in [2.05, 4.69) is 38.0 Å². The minimum atomic E-state index is 0.419. The average Bonchev–Trinajstić information content (AvgIpc) is 2.51. The third kappa shape index (κ3) is 2.78. The predicted molar refractivity (Wildman–Crippen MR) is 69.7 cm³/mol. The van der Waals surface area contributed by atoms with Crippen LogP contribution in [0.2, 0.25) is 0 Å². The quantitative estimate of drug-likeness (QED) is 0.776. The van der Waals surface area contributed by atoms with Gasteiger partial charge in [-0.2, -0.15) is 0 Å². The molecule has 0 spiro atoms. The Kier molecular flexibility index (Phi) is 3.60. The van der Waals surface area contributed by atoms with Gasteiger partial charge in [-0.25, -0.2) is 0 Å². The summed E-state index contributed by atoms with van der Waals surface area (Å²) >= 11 is 0. The largest absolute Gasteiger partial charge is 0.307 e. The molecule has 1 saturated heterocycles. The van der Waals surface area contributed by atoms with Crippen molar-refractivity contribution in [2.75, 3.05) is 13.6 Å². The van der Waals surface area contributed by atoms with Crippen LogP contribution in [0.5, 0.6) is 0 Å². The highest BCUT2D eigenvalue weighted by atomic mass is 15.2. The second-order valence-electron chi connectivity index (χ2n) is 6.61. The van der Waals surface area contributed by atoms with Crippen molar-refractivity contribution in [1.29, 1.82) is 0 Å². The Morgan fingerprint density at radius 2 is 1.81 bits per heavy atom. The number of hydrogen-bond donors (Lipinski definition) is 1. The molecule has 0 aromatic rings. The lowest BCUT2D eigenvalue weighted by molar-refractivity contribution is 0.195. The van der Waals surface area contributed by atoms with E-state index in [4.69, 9.17) is 0 Å². The fourth-order valence-corrected chi connectivity index (χ4v) is 3.33. The lowest BCUT2D eigenvalue weighted by atomic mass is 9.78. The zero-order valence-electron chi connectivity index (χ0n) is 11.4. The lowest BCUT2D eigenvalue weighted by Gasteiger charge is -2.39. The summed E-state index contributed by atoms with van der Waals surface area (Å²) in [4.78, 5) is 2.48. The molecular formula is C14H28N2. The summed E-state index contributed by atoms with van der Waals surface area (Å²) < 4.78 is 0. The summed E-state index contributed by atoms with van der Waals surface area (Å²) in [5.74, 6) is 0.944. The number of likely N-dealkylation sites (N-methyl/N-ethyl adjacent to an activating group) is 1. The monoisotopic (exact) mass is 224 g/mol. The first-order chi connectivity index (χ1) is 7.48. The molecule has 1 saturated carbocycles. The minimum absolute atomic E-state index is 0.419. The summed E-state index contributed by atoms with van der Waals surface area (Å²) in [5.41, 5.74) is 0.419. The van der Waals surface area contributed by atoms with Crippen molar-refractivity contribution >= 4 is 0 Å². The maximum Gasteiger partial charge on any atom is 0.0214 e. The van der Waals surface area contributed by atoms with Gasteiger partial charge in [0.05, 0.1) is 0 Å². The van der Waals surface area contributed by atoms with Crippen LogP contribution in [0, 0.1) is 5.92 Å². The fourth-order valence-electron chi connectivity index (χ4n) is 3.33. The molecule has 0 bridgehead atoms. The zero-order chi connectivity index (χ0) is 11.8. The summed E-state index contributed by atoms with van der Waals surface area (Å²) in [7, 11) is 2.25. The highest BCUT2D eigenvalue weighted by Crippen LogP contribution is 2.32. The molecule has 94 valence electrons. The topological polar surface area (TPSA) is 15.3 Å². The van der Waals surface area contributed by atoms with Crippen LogP contribution in [-0.2, 0) is 0 Å². The SMILES string of the molecule is CC1CCC(C)(NC2CC(C)N(C)C2)CC1.